The maximum Gasteiger partial charge on any atom is 0.268 e. The van der Waals surface area contributed by atoms with Gasteiger partial charge in [0.25, 0.3) is 5.91 Å². The number of piperidine rings is 1. The maximum absolute atomic E-state index is 12.5. The summed E-state index contributed by atoms with van der Waals surface area (Å²) >= 11 is 5.94. The van der Waals surface area contributed by atoms with E-state index in [1.54, 1.807) is 0 Å². The number of hydrogen-bond donors (Lipinski definition) is 2. The van der Waals surface area contributed by atoms with Gasteiger partial charge in [0.05, 0.1) is 0 Å². The highest BCUT2D eigenvalue weighted by atomic mass is 35.5. The van der Waals surface area contributed by atoms with Gasteiger partial charge in [0.1, 0.15) is 5.69 Å². The number of likely N-dealkylation sites (tertiary alicyclic amines) is 1. The number of carbonyl (C=O) groups is 1. The molecule has 0 spiro atoms. The van der Waals surface area contributed by atoms with Gasteiger partial charge in [-0.15, -0.1) is 0 Å². The van der Waals surface area contributed by atoms with Crippen LogP contribution in [0.3, 0.4) is 0 Å². The number of H-pyrrole nitrogens is 1. The van der Waals surface area contributed by atoms with Crippen molar-refractivity contribution in [2.24, 2.45) is 0 Å². The van der Waals surface area contributed by atoms with Crippen LogP contribution in [0.25, 0.3) is 0 Å². The van der Waals surface area contributed by atoms with Gasteiger partial charge >= 0.3 is 0 Å². The summed E-state index contributed by atoms with van der Waals surface area (Å²) in [5.41, 5.74) is 3.95. The van der Waals surface area contributed by atoms with Gasteiger partial charge in [-0.05, 0) is 62.6 Å². The fourth-order valence-electron chi connectivity index (χ4n) is 3.39. The number of nitrogens with zero attached hydrogens (tertiary/aromatic N) is 1. The molecule has 0 saturated carbocycles. The highest BCUT2D eigenvalue weighted by Gasteiger charge is 2.23. The van der Waals surface area contributed by atoms with Crippen LogP contribution in [-0.2, 0) is 6.54 Å². The SMILES string of the molecule is Cc1cc(C)c(C(=O)NC2CCCN(Cc3ccc(Cl)cc3)C2)[nH]1. The van der Waals surface area contributed by atoms with E-state index in [9.17, 15) is 4.79 Å². The summed E-state index contributed by atoms with van der Waals surface area (Å²) in [5.74, 6) is -0.000979. The molecule has 0 radical (unpaired) electrons. The minimum Gasteiger partial charge on any atom is -0.354 e. The lowest BCUT2D eigenvalue weighted by atomic mass is 10.0. The first-order valence-corrected chi connectivity index (χ1v) is 8.83. The zero-order chi connectivity index (χ0) is 17.1. The van der Waals surface area contributed by atoms with E-state index in [4.69, 9.17) is 11.6 Å². The average molecular weight is 346 g/mol. The highest BCUT2D eigenvalue weighted by molar-refractivity contribution is 6.30. The second kappa shape index (κ2) is 7.41. The molecule has 2 N–H and O–H groups in total. The number of hydrogen-bond acceptors (Lipinski definition) is 2. The molecule has 1 fully saturated rings. The molecule has 1 unspecified atom stereocenters. The fourth-order valence-corrected chi connectivity index (χ4v) is 3.51. The van der Waals surface area contributed by atoms with Crippen molar-refractivity contribution >= 4 is 17.5 Å². The highest BCUT2D eigenvalue weighted by Crippen LogP contribution is 2.17. The van der Waals surface area contributed by atoms with Gasteiger partial charge in [-0.25, -0.2) is 0 Å². The van der Waals surface area contributed by atoms with Crippen LogP contribution in [0.5, 0.6) is 0 Å². The second-order valence-corrected chi connectivity index (χ2v) is 7.12. The minimum atomic E-state index is -0.000979. The maximum atomic E-state index is 12.5. The predicted molar refractivity (Wildman–Crippen MR) is 97.5 cm³/mol. The largest absolute Gasteiger partial charge is 0.354 e. The van der Waals surface area contributed by atoms with Crippen LogP contribution in [0, 0.1) is 13.8 Å². The first kappa shape index (κ1) is 17.1. The molecule has 5 heteroatoms. The summed E-state index contributed by atoms with van der Waals surface area (Å²) in [5, 5.41) is 3.94. The van der Waals surface area contributed by atoms with E-state index < -0.39 is 0 Å². The second-order valence-electron chi connectivity index (χ2n) is 6.68. The van der Waals surface area contributed by atoms with E-state index in [2.05, 4.69) is 27.3 Å². The van der Waals surface area contributed by atoms with Crippen LogP contribution >= 0.6 is 11.6 Å². The number of halogens is 1. The fraction of sp³-hybridized carbons (Fsp3) is 0.421. The van der Waals surface area contributed by atoms with Gasteiger partial charge in [0.2, 0.25) is 0 Å². The van der Waals surface area contributed by atoms with Crippen molar-refractivity contribution in [3.63, 3.8) is 0 Å². The third-order valence-electron chi connectivity index (χ3n) is 4.54. The Bertz CT molecular complexity index is 708. The molecule has 1 aliphatic heterocycles. The van der Waals surface area contributed by atoms with Crippen LogP contribution < -0.4 is 5.32 Å². The summed E-state index contributed by atoms with van der Waals surface area (Å²) in [4.78, 5) is 18.0. The van der Waals surface area contributed by atoms with Crippen molar-refractivity contribution in [2.75, 3.05) is 13.1 Å². The van der Waals surface area contributed by atoms with Crippen LogP contribution in [0.4, 0.5) is 0 Å². The molecule has 4 nitrogen and oxygen atoms in total. The number of amides is 1. The smallest absolute Gasteiger partial charge is 0.268 e. The van der Waals surface area contributed by atoms with E-state index in [1.165, 1.54) is 5.56 Å². The van der Waals surface area contributed by atoms with E-state index in [-0.39, 0.29) is 11.9 Å². The molecule has 1 aromatic carbocycles. The Morgan fingerprint density at radius 2 is 2.08 bits per heavy atom. The van der Waals surface area contributed by atoms with Gasteiger partial charge in [-0.3, -0.25) is 9.69 Å². The lowest BCUT2D eigenvalue weighted by Crippen LogP contribution is -2.47. The van der Waals surface area contributed by atoms with Crippen molar-refractivity contribution in [3.05, 3.63) is 57.9 Å². The molecule has 1 aliphatic rings. The molecule has 1 aromatic heterocycles. The third kappa shape index (κ3) is 4.19. The Morgan fingerprint density at radius 3 is 2.75 bits per heavy atom. The van der Waals surface area contributed by atoms with E-state index >= 15 is 0 Å². The predicted octanol–water partition coefficient (Wildman–Crippen LogP) is 3.68. The van der Waals surface area contributed by atoms with Crippen molar-refractivity contribution in [2.45, 2.75) is 39.3 Å². The topological polar surface area (TPSA) is 48.1 Å². The van der Waals surface area contributed by atoms with E-state index in [0.717, 1.165) is 48.8 Å². The van der Waals surface area contributed by atoms with Gasteiger partial charge in [-0.1, -0.05) is 23.7 Å². The Morgan fingerprint density at radius 1 is 1.33 bits per heavy atom. The summed E-state index contributed by atoms with van der Waals surface area (Å²) in [6.45, 7) is 6.78. The van der Waals surface area contributed by atoms with Crippen LogP contribution in [-0.4, -0.2) is 34.9 Å². The molecule has 3 rings (SSSR count). The van der Waals surface area contributed by atoms with Crippen molar-refractivity contribution < 1.29 is 4.79 Å². The molecule has 128 valence electrons. The summed E-state index contributed by atoms with van der Waals surface area (Å²) in [6, 6.07) is 10.2. The Kier molecular flexibility index (Phi) is 5.27. The Balaban J connectivity index is 1.58. The third-order valence-corrected chi connectivity index (χ3v) is 4.79. The van der Waals surface area contributed by atoms with E-state index in [0.29, 0.717) is 5.69 Å². The number of nitrogens with one attached hydrogen (secondary N) is 2. The van der Waals surface area contributed by atoms with Gasteiger partial charge < -0.3 is 10.3 Å². The molecule has 0 bridgehead atoms. The van der Waals surface area contributed by atoms with Crippen LogP contribution in [0.2, 0.25) is 5.02 Å². The molecular formula is C19H24ClN3O. The van der Waals surface area contributed by atoms with E-state index in [1.807, 2.05) is 32.0 Å². The van der Waals surface area contributed by atoms with Crippen molar-refractivity contribution in [3.8, 4) is 0 Å². The molecule has 1 amide bonds. The minimum absolute atomic E-state index is 0.000979. The van der Waals surface area contributed by atoms with Crippen LogP contribution in [0.1, 0.15) is 40.2 Å². The number of aromatic amines is 1. The standard InChI is InChI=1S/C19H24ClN3O/c1-13-10-14(2)21-18(13)19(24)22-17-4-3-9-23(12-17)11-15-5-7-16(20)8-6-15/h5-8,10,17,21H,3-4,9,11-12H2,1-2H3,(H,22,24). The zero-order valence-corrected chi connectivity index (χ0v) is 15.0. The number of carbonyl (C=O) groups excluding carboxylic acids is 1. The molecule has 1 atom stereocenters. The van der Waals surface area contributed by atoms with Crippen LogP contribution in [0.15, 0.2) is 30.3 Å². The van der Waals surface area contributed by atoms with Gasteiger partial charge in [0, 0.05) is 29.8 Å². The molecule has 0 aliphatic carbocycles. The molecule has 2 heterocycles. The van der Waals surface area contributed by atoms with Gasteiger partial charge in [0.15, 0.2) is 0 Å². The summed E-state index contributed by atoms with van der Waals surface area (Å²) in [7, 11) is 0. The molecule has 2 aromatic rings. The average Bonchev–Trinajstić information content (AvgIpc) is 2.89. The van der Waals surface area contributed by atoms with Crippen molar-refractivity contribution in [1.82, 2.24) is 15.2 Å². The monoisotopic (exact) mass is 345 g/mol. The lowest BCUT2D eigenvalue weighted by molar-refractivity contribution is 0.0895. The first-order chi connectivity index (χ1) is 11.5. The molecule has 24 heavy (non-hydrogen) atoms. The van der Waals surface area contributed by atoms with Crippen molar-refractivity contribution in [1.29, 1.82) is 0 Å². The molecular weight excluding hydrogens is 322 g/mol. The number of benzene rings is 1. The lowest BCUT2D eigenvalue weighted by Gasteiger charge is -2.33. The Labute approximate surface area is 148 Å². The van der Waals surface area contributed by atoms with Gasteiger partial charge in [-0.2, -0.15) is 0 Å². The Hall–Kier alpha value is -1.78. The summed E-state index contributed by atoms with van der Waals surface area (Å²) < 4.78 is 0. The quantitative estimate of drug-likeness (QED) is 0.888. The summed E-state index contributed by atoms with van der Waals surface area (Å²) in [6.07, 6.45) is 2.13. The normalized spacial score (nSPS) is 18.5. The number of aryl methyl sites for hydroxylation is 2. The zero-order valence-electron chi connectivity index (χ0n) is 14.2. The number of rotatable bonds is 4. The molecule has 1 saturated heterocycles. The first-order valence-electron chi connectivity index (χ1n) is 8.45. The number of aromatic nitrogens is 1.